The molecule has 0 aliphatic carbocycles. The average molecular weight is 1280 g/mol. The van der Waals surface area contributed by atoms with Gasteiger partial charge >= 0.3 is 37.7 Å². The molecule has 0 saturated heterocycles. The molecule has 2 rings (SSSR count). The van der Waals surface area contributed by atoms with Gasteiger partial charge in [-0.25, -0.2) is 16.8 Å². The van der Waals surface area contributed by atoms with Crippen molar-refractivity contribution < 1.29 is 25.9 Å². The Morgan fingerprint density at radius 3 is 0.483 bits per heavy atom. The van der Waals surface area contributed by atoms with Gasteiger partial charge in [-0.05, 0) is 48.9 Å². The molecule has 504 valence electrons. The molecule has 6 nitrogen and oxygen atoms in total. The van der Waals surface area contributed by atoms with Crippen molar-refractivity contribution in [2.45, 2.75) is 435 Å². The summed E-state index contributed by atoms with van der Waals surface area (Å²) in [4.78, 5) is -0.0823. The van der Waals surface area contributed by atoms with Gasteiger partial charge in [0.2, 0.25) is 0 Å². The summed E-state index contributed by atoms with van der Waals surface area (Å²) in [6.07, 6.45) is 87.9. The van der Waals surface area contributed by atoms with Gasteiger partial charge in [-0.3, -0.25) is 0 Å². The van der Waals surface area contributed by atoms with Crippen molar-refractivity contribution in [1.29, 1.82) is 0 Å². The van der Waals surface area contributed by atoms with Crippen molar-refractivity contribution in [1.82, 2.24) is 0 Å². The first-order valence-corrected chi connectivity index (χ1v) is 41.0. The van der Waals surface area contributed by atoms with Crippen molar-refractivity contribution >= 4 is 58.0 Å². The van der Waals surface area contributed by atoms with Crippen molar-refractivity contribution in [3.8, 4) is 0 Å². The van der Waals surface area contributed by atoms with E-state index < -0.39 is 20.2 Å². The molecule has 0 amide bonds. The van der Waals surface area contributed by atoms with E-state index in [9.17, 15) is 25.9 Å². The maximum absolute atomic E-state index is 11.4. The summed E-state index contributed by atoms with van der Waals surface area (Å²) in [6.45, 7) is 4.60. The number of hydrogen-bond donors (Lipinski definition) is 0. The number of hydrogen-bond acceptors (Lipinski definition) is 6. The van der Waals surface area contributed by atoms with Crippen LogP contribution in [0.3, 0.4) is 0 Å². The molecule has 0 bridgehead atoms. The van der Waals surface area contributed by atoms with Crippen LogP contribution in [0.4, 0.5) is 0 Å². The zero-order valence-electron chi connectivity index (χ0n) is 57.8. The first kappa shape index (κ1) is 86.5. The minimum atomic E-state index is -4.37. The Kier molecular flexibility index (Phi) is 66.6. The molecule has 0 unspecified atom stereocenters. The van der Waals surface area contributed by atoms with E-state index in [1.807, 2.05) is 12.1 Å². The van der Waals surface area contributed by atoms with Crippen LogP contribution in [0.15, 0.2) is 58.3 Å². The fourth-order valence-corrected chi connectivity index (χ4v) is 14.4. The summed E-state index contributed by atoms with van der Waals surface area (Å²) in [5.74, 6) is 0. The second-order valence-corrected chi connectivity index (χ2v) is 29.5. The molecule has 0 aliphatic heterocycles. The minimum Gasteiger partial charge on any atom is -0.744 e. The molecule has 0 radical (unpaired) electrons. The SMILES string of the molecule is CCCCCCCCCCCCCCCCCCCCCCCCCCCCCCCCCc1ccccc1S(=O)(=O)[O-].CCCCCCCCCCCCCCCCCCCCCCCCCCCCCCCCCc1ccccc1S(=O)(=O)[O-].[Ca+2]. The predicted molar refractivity (Wildman–Crippen MR) is 380 cm³/mol. The Hall–Kier alpha value is -0.480. The maximum atomic E-state index is 11.4. The Balaban J connectivity index is 0.00000168. The van der Waals surface area contributed by atoms with E-state index in [2.05, 4.69) is 13.8 Å². The van der Waals surface area contributed by atoms with E-state index in [-0.39, 0.29) is 47.5 Å². The summed E-state index contributed by atoms with van der Waals surface area (Å²) in [6, 6.07) is 13.3. The van der Waals surface area contributed by atoms with Crippen molar-refractivity contribution in [3.63, 3.8) is 0 Å². The molecule has 0 N–H and O–H groups in total. The maximum Gasteiger partial charge on any atom is 2.00 e. The normalized spacial score (nSPS) is 11.7. The van der Waals surface area contributed by atoms with Gasteiger partial charge in [0.15, 0.2) is 0 Å². The number of unbranched alkanes of at least 4 members (excludes halogenated alkanes) is 60. The van der Waals surface area contributed by atoms with Crippen LogP contribution in [-0.4, -0.2) is 63.7 Å². The molecule has 0 fully saturated rings. The van der Waals surface area contributed by atoms with Gasteiger partial charge in [-0.2, -0.15) is 0 Å². The molecular formula is C78H142CaO6S2. The largest absolute Gasteiger partial charge is 2.00 e. The van der Waals surface area contributed by atoms with Crippen LogP contribution in [0, 0.1) is 0 Å². The fraction of sp³-hybridized carbons (Fsp3) is 0.846. The van der Waals surface area contributed by atoms with Gasteiger partial charge < -0.3 is 9.11 Å². The Bertz CT molecular complexity index is 1780. The monoisotopic (exact) mass is 1280 g/mol. The van der Waals surface area contributed by atoms with E-state index in [0.29, 0.717) is 24.0 Å². The molecule has 2 aromatic rings. The zero-order valence-corrected chi connectivity index (χ0v) is 61.7. The van der Waals surface area contributed by atoms with E-state index in [4.69, 9.17) is 0 Å². The summed E-state index contributed by atoms with van der Waals surface area (Å²) >= 11 is 0. The molecule has 0 saturated carbocycles. The third-order valence-corrected chi connectivity index (χ3v) is 20.5. The molecule has 0 aliphatic rings. The minimum absolute atomic E-state index is 0. The Morgan fingerprint density at radius 2 is 0.345 bits per heavy atom. The number of benzene rings is 2. The van der Waals surface area contributed by atoms with Crippen LogP contribution in [-0.2, 0) is 33.1 Å². The molecule has 9 heteroatoms. The van der Waals surface area contributed by atoms with Crippen molar-refractivity contribution in [3.05, 3.63) is 59.7 Å². The van der Waals surface area contributed by atoms with E-state index in [1.54, 1.807) is 24.3 Å². The topological polar surface area (TPSA) is 114 Å². The van der Waals surface area contributed by atoms with Crippen LogP contribution in [0.25, 0.3) is 0 Å². The third-order valence-electron chi connectivity index (χ3n) is 18.6. The van der Waals surface area contributed by atoms with Crippen molar-refractivity contribution in [2.75, 3.05) is 0 Å². The van der Waals surface area contributed by atoms with Gasteiger partial charge in [-0.1, -0.05) is 435 Å². The van der Waals surface area contributed by atoms with Gasteiger partial charge in [0, 0.05) is 0 Å². The summed E-state index contributed by atoms with van der Waals surface area (Å²) < 4.78 is 68.2. The van der Waals surface area contributed by atoms with Gasteiger partial charge in [-0.15, -0.1) is 0 Å². The second kappa shape index (κ2) is 67.0. The van der Waals surface area contributed by atoms with Crippen LogP contribution < -0.4 is 0 Å². The van der Waals surface area contributed by atoms with Crippen LogP contribution in [0.5, 0.6) is 0 Å². The quantitative estimate of drug-likeness (QED) is 0.0370. The third kappa shape index (κ3) is 60.2. The van der Waals surface area contributed by atoms with E-state index in [1.165, 1.54) is 385 Å². The first-order valence-electron chi connectivity index (χ1n) is 38.2. The number of aryl methyl sites for hydroxylation is 2. The smallest absolute Gasteiger partial charge is 0.744 e. The molecule has 0 aromatic heterocycles. The van der Waals surface area contributed by atoms with Crippen LogP contribution in [0.2, 0.25) is 0 Å². The van der Waals surface area contributed by atoms with Crippen molar-refractivity contribution in [2.24, 2.45) is 0 Å². The molecular weight excluding hydrogens is 1140 g/mol. The summed E-state index contributed by atoms with van der Waals surface area (Å²) in [5, 5.41) is 0. The molecule has 0 atom stereocenters. The van der Waals surface area contributed by atoms with Gasteiger partial charge in [0.05, 0.1) is 9.79 Å². The Labute approximate surface area is 573 Å². The average Bonchev–Trinajstić information content (AvgIpc) is 2.88. The van der Waals surface area contributed by atoms with Crippen LogP contribution >= 0.6 is 0 Å². The molecule has 0 heterocycles. The predicted octanol–water partition coefficient (Wildman–Crippen LogP) is 26.1. The van der Waals surface area contributed by atoms with Gasteiger partial charge in [0.25, 0.3) is 0 Å². The summed E-state index contributed by atoms with van der Waals surface area (Å²) in [5.41, 5.74) is 1.35. The number of rotatable bonds is 66. The van der Waals surface area contributed by atoms with E-state index in [0.717, 1.165) is 25.7 Å². The molecule has 2 aromatic carbocycles. The Morgan fingerprint density at radius 1 is 0.218 bits per heavy atom. The standard InChI is InChI=1S/2C39H72O3S.Ca/c2*1-2-3-4-5-6-7-8-9-10-11-12-13-14-15-16-17-18-19-20-21-22-23-24-25-26-27-28-29-30-31-32-35-38-36-33-34-37-39(38)43(40,41)42;/h2*33-34,36-37H,2-32,35H2,1H3,(H,40,41,42);/q;;+2/p-2. The van der Waals surface area contributed by atoms with Gasteiger partial charge in [0.1, 0.15) is 20.2 Å². The summed E-state index contributed by atoms with van der Waals surface area (Å²) in [7, 11) is -8.73. The fourth-order valence-electron chi connectivity index (χ4n) is 12.9. The van der Waals surface area contributed by atoms with Crippen LogP contribution in [0.1, 0.15) is 423 Å². The van der Waals surface area contributed by atoms with E-state index >= 15 is 0 Å². The zero-order chi connectivity index (χ0) is 62.2. The molecule has 0 spiro atoms. The second-order valence-electron chi connectivity index (χ2n) is 26.8. The first-order chi connectivity index (χ1) is 42.1. The molecule has 87 heavy (non-hydrogen) atoms.